The van der Waals surface area contributed by atoms with Crippen LogP contribution in [-0.4, -0.2) is 64.1 Å². The van der Waals surface area contributed by atoms with E-state index in [1.54, 1.807) is 0 Å². The average Bonchev–Trinajstić information content (AvgIpc) is 3.30. The summed E-state index contributed by atoms with van der Waals surface area (Å²) in [5.41, 5.74) is 4.05. The van der Waals surface area contributed by atoms with Crippen molar-refractivity contribution in [3.05, 3.63) is 35.0 Å². The molecule has 1 aromatic heterocycles. The van der Waals surface area contributed by atoms with Gasteiger partial charge in [0, 0.05) is 49.4 Å². The number of aliphatic hydroxyl groups excluding tert-OH is 1. The minimum atomic E-state index is 0.107. The monoisotopic (exact) mass is 369 g/mol. The van der Waals surface area contributed by atoms with E-state index in [1.165, 1.54) is 31.2 Å². The van der Waals surface area contributed by atoms with E-state index < -0.39 is 0 Å². The number of amides is 1. The largest absolute Gasteiger partial charge is 0.396 e. The summed E-state index contributed by atoms with van der Waals surface area (Å²) >= 11 is 0. The number of hydrogen-bond acceptors (Lipinski definition) is 3. The predicted molar refractivity (Wildman–Crippen MR) is 108 cm³/mol. The van der Waals surface area contributed by atoms with Crippen molar-refractivity contribution in [1.29, 1.82) is 0 Å². The zero-order chi connectivity index (χ0) is 19.0. The summed E-state index contributed by atoms with van der Waals surface area (Å²) in [6.07, 6.45) is 5.88. The summed E-state index contributed by atoms with van der Waals surface area (Å²) in [5, 5.41) is 10.7. The minimum Gasteiger partial charge on any atom is -0.396 e. The van der Waals surface area contributed by atoms with Gasteiger partial charge in [-0.1, -0.05) is 25.0 Å². The first kappa shape index (κ1) is 18.5. The quantitative estimate of drug-likeness (QED) is 0.870. The fourth-order valence-corrected chi connectivity index (χ4v) is 5.01. The summed E-state index contributed by atoms with van der Waals surface area (Å²) < 4.78 is 0. The van der Waals surface area contributed by atoms with Crippen LogP contribution in [0.3, 0.4) is 0 Å². The number of para-hydroxylation sites is 1. The van der Waals surface area contributed by atoms with Crippen LogP contribution < -0.4 is 0 Å². The lowest BCUT2D eigenvalue weighted by molar-refractivity contribution is 0.0256. The maximum absolute atomic E-state index is 13.3. The van der Waals surface area contributed by atoms with E-state index in [0.717, 1.165) is 41.7 Å². The Morgan fingerprint density at radius 3 is 2.74 bits per heavy atom. The third-order valence-corrected chi connectivity index (χ3v) is 6.65. The van der Waals surface area contributed by atoms with Crippen molar-refractivity contribution in [2.45, 2.75) is 58.0 Å². The van der Waals surface area contributed by atoms with Crippen LogP contribution >= 0.6 is 0 Å². The number of aliphatic hydroxyl groups is 1. The van der Waals surface area contributed by atoms with Gasteiger partial charge in [0.1, 0.15) is 0 Å². The molecule has 0 unspecified atom stereocenters. The lowest BCUT2D eigenvalue weighted by Gasteiger charge is -2.44. The van der Waals surface area contributed by atoms with E-state index in [4.69, 9.17) is 0 Å². The van der Waals surface area contributed by atoms with Crippen molar-refractivity contribution in [1.82, 2.24) is 14.8 Å². The Balaban J connectivity index is 1.57. The summed E-state index contributed by atoms with van der Waals surface area (Å²) in [6.45, 7) is 6.74. The maximum atomic E-state index is 13.3. The lowest BCUT2D eigenvalue weighted by atomic mass is 10.0. The molecule has 1 aliphatic carbocycles. The first-order valence-electron chi connectivity index (χ1n) is 10.3. The molecular weight excluding hydrogens is 338 g/mol. The van der Waals surface area contributed by atoms with Crippen LogP contribution in [0.5, 0.6) is 0 Å². The summed E-state index contributed by atoms with van der Waals surface area (Å²) in [6, 6.07) is 6.90. The zero-order valence-corrected chi connectivity index (χ0v) is 16.5. The summed E-state index contributed by atoms with van der Waals surface area (Å²) in [7, 11) is 0. The Bertz CT molecular complexity index is 822. The minimum absolute atomic E-state index is 0.107. The Morgan fingerprint density at radius 1 is 1.22 bits per heavy atom. The van der Waals surface area contributed by atoms with Gasteiger partial charge in [0.2, 0.25) is 0 Å². The number of fused-ring (bicyclic) bond motifs is 1. The molecule has 2 N–H and O–H groups in total. The van der Waals surface area contributed by atoms with Gasteiger partial charge in [-0.2, -0.15) is 0 Å². The van der Waals surface area contributed by atoms with Gasteiger partial charge < -0.3 is 15.0 Å². The first-order valence-corrected chi connectivity index (χ1v) is 10.3. The van der Waals surface area contributed by atoms with Gasteiger partial charge in [-0.25, -0.2) is 0 Å². The molecule has 5 nitrogen and oxygen atoms in total. The number of benzene rings is 1. The molecule has 146 valence electrons. The highest BCUT2D eigenvalue weighted by atomic mass is 16.3. The van der Waals surface area contributed by atoms with E-state index in [-0.39, 0.29) is 18.6 Å². The second kappa shape index (κ2) is 7.64. The number of piperazine rings is 1. The van der Waals surface area contributed by atoms with Gasteiger partial charge in [0.25, 0.3) is 5.91 Å². The van der Waals surface area contributed by atoms with E-state index in [2.05, 4.69) is 29.8 Å². The Hall–Kier alpha value is -1.85. The summed E-state index contributed by atoms with van der Waals surface area (Å²) in [5.74, 6) is 0.107. The molecule has 1 atom stereocenters. The van der Waals surface area contributed by atoms with Gasteiger partial charge >= 0.3 is 0 Å². The van der Waals surface area contributed by atoms with E-state index in [9.17, 15) is 9.90 Å². The van der Waals surface area contributed by atoms with E-state index in [0.29, 0.717) is 12.6 Å². The van der Waals surface area contributed by atoms with Crippen LogP contribution in [0.2, 0.25) is 0 Å². The van der Waals surface area contributed by atoms with Crippen molar-refractivity contribution < 1.29 is 9.90 Å². The molecule has 5 heteroatoms. The molecule has 27 heavy (non-hydrogen) atoms. The molecule has 2 fully saturated rings. The number of hydrogen-bond donors (Lipinski definition) is 2. The van der Waals surface area contributed by atoms with E-state index in [1.807, 2.05) is 17.0 Å². The second-order valence-corrected chi connectivity index (χ2v) is 8.20. The highest BCUT2D eigenvalue weighted by Gasteiger charge is 2.35. The number of aromatic amines is 1. The van der Waals surface area contributed by atoms with Gasteiger partial charge in [-0.3, -0.25) is 9.69 Å². The average molecular weight is 370 g/mol. The molecule has 0 bridgehead atoms. The number of aromatic nitrogens is 1. The molecule has 1 aromatic carbocycles. The SMILES string of the molecule is Cc1[nH]c2c(C(=O)N3CCN(C4CCCC4)[C@@H](CCO)C3)cccc2c1C. The molecule has 0 spiro atoms. The smallest absolute Gasteiger partial charge is 0.256 e. The zero-order valence-electron chi connectivity index (χ0n) is 16.5. The molecule has 2 heterocycles. The van der Waals surface area contributed by atoms with Crippen molar-refractivity contribution in [3.8, 4) is 0 Å². The summed E-state index contributed by atoms with van der Waals surface area (Å²) in [4.78, 5) is 21.3. The molecule has 1 saturated carbocycles. The van der Waals surface area contributed by atoms with Crippen molar-refractivity contribution >= 4 is 16.8 Å². The Morgan fingerprint density at radius 2 is 2.00 bits per heavy atom. The van der Waals surface area contributed by atoms with Crippen molar-refractivity contribution in [3.63, 3.8) is 0 Å². The third kappa shape index (κ3) is 3.39. The number of nitrogens with one attached hydrogen (secondary N) is 1. The van der Waals surface area contributed by atoms with Crippen LogP contribution in [0.25, 0.3) is 10.9 Å². The van der Waals surface area contributed by atoms with Crippen LogP contribution in [0.15, 0.2) is 18.2 Å². The number of H-pyrrole nitrogens is 1. The molecule has 1 saturated heterocycles. The highest BCUT2D eigenvalue weighted by Crippen LogP contribution is 2.29. The fourth-order valence-electron chi connectivity index (χ4n) is 5.01. The Kier molecular flexibility index (Phi) is 5.24. The number of carbonyl (C=O) groups is 1. The van der Waals surface area contributed by atoms with E-state index >= 15 is 0 Å². The van der Waals surface area contributed by atoms with Gasteiger partial charge in [-0.15, -0.1) is 0 Å². The number of carbonyl (C=O) groups excluding carboxylic acids is 1. The molecule has 1 amide bonds. The molecule has 1 aliphatic heterocycles. The number of aryl methyl sites for hydroxylation is 2. The molecule has 2 aliphatic rings. The van der Waals surface area contributed by atoms with Gasteiger partial charge in [-0.05, 0) is 44.7 Å². The molecule has 0 radical (unpaired) electrons. The van der Waals surface area contributed by atoms with Crippen molar-refractivity contribution in [2.24, 2.45) is 0 Å². The Labute approximate surface area is 161 Å². The number of rotatable bonds is 4. The number of nitrogens with zero attached hydrogens (tertiary/aromatic N) is 2. The normalized spacial score (nSPS) is 22.0. The maximum Gasteiger partial charge on any atom is 0.256 e. The highest BCUT2D eigenvalue weighted by molar-refractivity contribution is 6.06. The first-order chi connectivity index (χ1) is 13.1. The van der Waals surface area contributed by atoms with Crippen LogP contribution in [0.4, 0.5) is 0 Å². The molecular formula is C22H31N3O2. The molecule has 2 aromatic rings. The third-order valence-electron chi connectivity index (χ3n) is 6.65. The van der Waals surface area contributed by atoms with Gasteiger partial charge in [0.05, 0.1) is 11.1 Å². The second-order valence-electron chi connectivity index (χ2n) is 8.20. The topological polar surface area (TPSA) is 59.6 Å². The van der Waals surface area contributed by atoms with Crippen LogP contribution in [0, 0.1) is 13.8 Å². The standard InChI is InChI=1S/C22H31N3O2/c1-15-16(2)23-21-19(15)8-5-9-20(21)22(27)24-11-12-25(17-6-3-4-7-17)18(14-24)10-13-26/h5,8-9,17-18,23,26H,3-4,6-7,10-14H2,1-2H3/t18-/m0/s1. The van der Waals surface area contributed by atoms with Crippen LogP contribution in [0.1, 0.15) is 53.7 Å². The van der Waals surface area contributed by atoms with Crippen LogP contribution in [-0.2, 0) is 0 Å². The fraction of sp³-hybridized carbons (Fsp3) is 0.591. The lowest BCUT2D eigenvalue weighted by Crippen LogP contribution is -2.57. The molecule has 4 rings (SSSR count). The van der Waals surface area contributed by atoms with Gasteiger partial charge in [0.15, 0.2) is 0 Å². The predicted octanol–water partition coefficient (Wildman–Crippen LogP) is 3.24. The van der Waals surface area contributed by atoms with Crippen molar-refractivity contribution in [2.75, 3.05) is 26.2 Å².